The monoisotopic (exact) mass is 710 g/mol. The number of ether oxygens (including phenoxy) is 2. The van der Waals surface area contributed by atoms with Crippen LogP contribution in [0, 0.1) is 5.92 Å². The van der Waals surface area contributed by atoms with Gasteiger partial charge in [0.25, 0.3) is 0 Å². The van der Waals surface area contributed by atoms with Crippen LogP contribution in [0.1, 0.15) is 84.5 Å². The Balaban J connectivity index is 1.28. The molecule has 9 nitrogen and oxygen atoms in total. The van der Waals surface area contributed by atoms with Gasteiger partial charge in [0.1, 0.15) is 0 Å². The average molecular weight is 711 g/mol. The SMILES string of the molecule is CC(=O)NCCCCCC(=O)NCc1ccccc1-c1ccc(C2OC(CSc3ccccc3C(=O)O)C(C)C(c3ccc(CO)cc3)O2)cc1. The summed E-state index contributed by atoms with van der Waals surface area (Å²) in [6.07, 6.45) is 1.72. The molecule has 0 saturated carbocycles. The topological polar surface area (TPSA) is 134 Å². The minimum atomic E-state index is -0.964. The Morgan fingerprint density at radius 3 is 2.24 bits per heavy atom. The lowest BCUT2D eigenvalue weighted by Crippen LogP contribution is -2.38. The number of aliphatic hydroxyl groups is 1. The van der Waals surface area contributed by atoms with Crippen LogP contribution in [0.5, 0.6) is 0 Å². The molecule has 1 aliphatic rings. The molecule has 4 unspecified atom stereocenters. The van der Waals surface area contributed by atoms with Crippen LogP contribution in [0.2, 0.25) is 0 Å². The van der Waals surface area contributed by atoms with E-state index >= 15 is 0 Å². The Morgan fingerprint density at radius 2 is 1.51 bits per heavy atom. The van der Waals surface area contributed by atoms with Gasteiger partial charge in [-0.3, -0.25) is 9.59 Å². The van der Waals surface area contributed by atoms with Gasteiger partial charge in [-0.05, 0) is 52.8 Å². The molecule has 4 aromatic rings. The van der Waals surface area contributed by atoms with Crippen LogP contribution in [-0.4, -0.2) is 46.4 Å². The predicted molar refractivity (Wildman–Crippen MR) is 198 cm³/mol. The van der Waals surface area contributed by atoms with Gasteiger partial charge in [0.2, 0.25) is 11.8 Å². The van der Waals surface area contributed by atoms with Crippen LogP contribution in [-0.2, 0) is 32.2 Å². The summed E-state index contributed by atoms with van der Waals surface area (Å²) in [5, 5.41) is 25.1. The molecule has 1 heterocycles. The van der Waals surface area contributed by atoms with Crippen molar-refractivity contribution in [2.45, 2.75) is 76.1 Å². The molecule has 0 aromatic heterocycles. The van der Waals surface area contributed by atoms with Gasteiger partial charge in [0.05, 0.1) is 24.4 Å². The minimum absolute atomic E-state index is 0.000207. The fourth-order valence-electron chi connectivity index (χ4n) is 6.16. The largest absolute Gasteiger partial charge is 0.478 e. The summed E-state index contributed by atoms with van der Waals surface area (Å²) in [4.78, 5) is 36.1. The van der Waals surface area contributed by atoms with E-state index in [1.165, 1.54) is 18.7 Å². The molecule has 4 atom stereocenters. The van der Waals surface area contributed by atoms with E-state index in [-0.39, 0.29) is 42.1 Å². The molecule has 0 aliphatic carbocycles. The van der Waals surface area contributed by atoms with E-state index < -0.39 is 12.3 Å². The number of unbranched alkanes of at least 4 members (excludes halogenated alkanes) is 2. The first-order valence-corrected chi connectivity index (χ1v) is 18.4. The van der Waals surface area contributed by atoms with E-state index in [0.29, 0.717) is 30.2 Å². The number of amides is 2. The van der Waals surface area contributed by atoms with E-state index in [4.69, 9.17) is 9.47 Å². The van der Waals surface area contributed by atoms with Crippen molar-refractivity contribution in [2.24, 2.45) is 5.92 Å². The molecule has 0 bridgehead atoms. The third-order valence-electron chi connectivity index (χ3n) is 9.09. The molecule has 4 N–H and O–H groups in total. The van der Waals surface area contributed by atoms with Gasteiger partial charge in [-0.2, -0.15) is 0 Å². The number of carboxylic acids is 1. The summed E-state index contributed by atoms with van der Waals surface area (Å²) in [5.41, 5.74) is 5.94. The zero-order valence-electron chi connectivity index (χ0n) is 29.0. The van der Waals surface area contributed by atoms with E-state index in [9.17, 15) is 24.6 Å². The zero-order chi connectivity index (χ0) is 36.2. The Morgan fingerprint density at radius 1 is 0.804 bits per heavy atom. The van der Waals surface area contributed by atoms with Gasteiger partial charge >= 0.3 is 5.97 Å². The standard InChI is InChI=1S/C41H46N2O7S/c1-27-36(26-51-37-13-8-7-12-35(37)40(47)48)49-41(50-39(27)31-17-15-29(25-44)16-18-31)32-21-19-30(20-22-32)34-11-6-5-10-33(34)24-43-38(46)14-4-3-9-23-42-28(2)45/h5-8,10-13,15-22,27,36,39,41,44H,3-4,9,14,23-26H2,1-2H3,(H,42,45)(H,43,46)(H,47,48). The summed E-state index contributed by atoms with van der Waals surface area (Å²) >= 11 is 1.46. The summed E-state index contributed by atoms with van der Waals surface area (Å²) in [6.45, 7) is 4.59. The number of carbonyl (C=O) groups excluding carboxylic acids is 2. The first-order valence-electron chi connectivity index (χ1n) is 17.4. The first-order chi connectivity index (χ1) is 24.7. The maximum atomic E-state index is 12.6. The number of hydrogen-bond acceptors (Lipinski definition) is 7. The molecule has 0 radical (unpaired) electrons. The van der Waals surface area contributed by atoms with Crippen molar-refractivity contribution in [1.82, 2.24) is 10.6 Å². The third-order valence-corrected chi connectivity index (χ3v) is 10.2. The number of nitrogens with one attached hydrogen (secondary N) is 2. The average Bonchev–Trinajstić information content (AvgIpc) is 3.15. The normalized spacial score (nSPS) is 18.6. The Labute approximate surface area is 303 Å². The van der Waals surface area contributed by atoms with Gasteiger partial charge in [0, 0.05) is 48.6 Å². The molecule has 10 heteroatoms. The smallest absolute Gasteiger partial charge is 0.336 e. The maximum Gasteiger partial charge on any atom is 0.336 e. The molecule has 268 valence electrons. The van der Waals surface area contributed by atoms with Crippen molar-refractivity contribution < 1.29 is 34.1 Å². The van der Waals surface area contributed by atoms with Crippen molar-refractivity contribution in [3.63, 3.8) is 0 Å². The summed E-state index contributed by atoms with van der Waals surface area (Å²) in [6, 6.07) is 30.8. The number of thioether (sulfide) groups is 1. The molecule has 51 heavy (non-hydrogen) atoms. The molecular weight excluding hydrogens is 665 g/mol. The quantitative estimate of drug-likeness (QED) is 0.0697. The summed E-state index contributed by atoms with van der Waals surface area (Å²) < 4.78 is 13.2. The van der Waals surface area contributed by atoms with Crippen LogP contribution in [0.3, 0.4) is 0 Å². The highest BCUT2D eigenvalue weighted by atomic mass is 32.2. The number of carboxylic acid groups (broad SMARTS) is 1. The van der Waals surface area contributed by atoms with Gasteiger partial charge in [-0.15, -0.1) is 11.8 Å². The molecule has 2 amide bonds. The molecule has 0 spiro atoms. The highest BCUT2D eigenvalue weighted by Crippen LogP contribution is 2.43. The first kappa shape index (κ1) is 37.8. The van der Waals surface area contributed by atoms with Crippen molar-refractivity contribution in [1.29, 1.82) is 0 Å². The number of rotatable bonds is 16. The van der Waals surface area contributed by atoms with E-state index in [1.807, 2.05) is 84.9 Å². The molecule has 5 rings (SSSR count). The van der Waals surface area contributed by atoms with Crippen molar-refractivity contribution >= 4 is 29.5 Å². The van der Waals surface area contributed by atoms with Crippen molar-refractivity contribution in [2.75, 3.05) is 12.3 Å². The maximum absolute atomic E-state index is 12.6. The number of carbonyl (C=O) groups is 3. The summed E-state index contributed by atoms with van der Waals surface area (Å²) in [7, 11) is 0. The second-order valence-corrected chi connectivity index (χ2v) is 13.8. The lowest BCUT2D eigenvalue weighted by atomic mass is 9.91. The molecule has 1 aliphatic heterocycles. The van der Waals surface area contributed by atoms with E-state index in [1.54, 1.807) is 12.1 Å². The predicted octanol–water partition coefficient (Wildman–Crippen LogP) is 7.44. The van der Waals surface area contributed by atoms with Crippen molar-refractivity contribution in [3.05, 3.63) is 125 Å². The fraction of sp³-hybridized carbons (Fsp3) is 0.341. The lowest BCUT2D eigenvalue weighted by molar-refractivity contribution is -0.268. The summed E-state index contributed by atoms with van der Waals surface area (Å²) in [5.74, 6) is -0.515. The highest BCUT2D eigenvalue weighted by molar-refractivity contribution is 7.99. The van der Waals surface area contributed by atoms with Gasteiger partial charge in [-0.25, -0.2) is 4.79 Å². The van der Waals surface area contributed by atoms with Crippen LogP contribution < -0.4 is 10.6 Å². The number of hydrogen-bond donors (Lipinski definition) is 4. The number of aliphatic hydroxyl groups excluding tert-OH is 1. The van der Waals surface area contributed by atoms with Crippen LogP contribution >= 0.6 is 11.8 Å². The number of aromatic carboxylic acids is 1. The van der Waals surface area contributed by atoms with Crippen LogP contribution in [0.15, 0.2) is 102 Å². The second kappa shape index (κ2) is 18.7. The zero-order valence-corrected chi connectivity index (χ0v) is 29.9. The Hall–Kier alpha value is -4.48. The van der Waals surface area contributed by atoms with Gasteiger partial charge in [-0.1, -0.05) is 98.3 Å². The van der Waals surface area contributed by atoms with Crippen LogP contribution in [0.4, 0.5) is 0 Å². The third kappa shape index (κ3) is 10.5. The fourth-order valence-corrected chi connectivity index (χ4v) is 7.37. The van der Waals surface area contributed by atoms with E-state index in [0.717, 1.165) is 52.6 Å². The van der Waals surface area contributed by atoms with E-state index in [2.05, 4.69) is 17.6 Å². The number of benzene rings is 4. The molecule has 4 aromatic carbocycles. The Kier molecular flexibility index (Phi) is 13.8. The van der Waals surface area contributed by atoms with Gasteiger partial charge < -0.3 is 30.3 Å². The van der Waals surface area contributed by atoms with Crippen LogP contribution in [0.25, 0.3) is 11.1 Å². The lowest BCUT2D eigenvalue weighted by Gasteiger charge is -2.41. The molecule has 1 saturated heterocycles. The second-order valence-electron chi connectivity index (χ2n) is 12.8. The molecule has 1 fully saturated rings. The highest BCUT2D eigenvalue weighted by Gasteiger charge is 2.38. The van der Waals surface area contributed by atoms with Gasteiger partial charge in [0.15, 0.2) is 6.29 Å². The Bertz CT molecular complexity index is 1760. The minimum Gasteiger partial charge on any atom is -0.478 e. The van der Waals surface area contributed by atoms with Crippen molar-refractivity contribution in [3.8, 4) is 11.1 Å². The molecular formula is C41H46N2O7S.